The quantitative estimate of drug-likeness (QED) is 0.502. The van der Waals surface area contributed by atoms with Crippen LogP contribution >= 0.6 is 11.8 Å². The Balaban J connectivity index is 1.64. The Labute approximate surface area is 184 Å². The van der Waals surface area contributed by atoms with Crippen LogP contribution in [0.25, 0.3) is 16.8 Å². The lowest BCUT2D eigenvalue weighted by Gasteiger charge is -2.14. The average molecular weight is 436 g/mol. The third-order valence-electron chi connectivity index (χ3n) is 5.06. The Hall–Kier alpha value is -3.45. The maximum absolute atomic E-state index is 13.0. The number of carbonyl (C=O) groups excluding carboxylic acids is 2. The summed E-state index contributed by atoms with van der Waals surface area (Å²) in [7, 11) is 4.60. The Bertz CT molecular complexity index is 1180. The number of nitrogens with zero attached hydrogens (tertiary/aromatic N) is 1. The van der Waals surface area contributed by atoms with E-state index in [2.05, 4.69) is 0 Å². The summed E-state index contributed by atoms with van der Waals surface area (Å²) in [4.78, 5) is 27.2. The van der Waals surface area contributed by atoms with Crippen molar-refractivity contribution in [1.29, 1.82) is 0 Å². The van der Waals surface area contributed by atoms with E-state index < -0.39 is 0 Å². The van der Waals surface area contributed by atoms with Crippen molar-refractivity contribution in [3.8, 4) is 17.2 Å². The zero-order valence-corrected chi connectivity index (χ0v) is 18.2. The highest BCUT2D eigenvalue weighted by molar-refractivity contribution is 8.18. The summed E-state index contributed by atoms with van der Waals surface area (Å²) < 4.78 is 16.1. The van der Waals surface area contributed by atoms with Crippen molar-refractivity contribution >= 4 is 39.8 Å². The van der Waals surface area contributed by atoms with Crippen molar-refractivity contribution in [1.82, 2.24) is 4.90 Å². The number of hydrogen-bond donors (Lipinski definition) is 0. The van der Waals surface area contributed by atoms with Crippen LogP contribution in [0.15, 0.2) is 59.5 Å². The number of rotatable bonds is 6. The molecule has 1 aliphatic rings. The molecule has 0 aromatic heterocycles. The minimum atomic E-state index is -0.344. The molecule has 158 valence electrons. The molecule has 1 saturated heterocycles. The first-order chi connectivity index (χ1) is 15.0. The lowest BCUT2D eigenvalue weighted by atomic mass is 10.1. The molecule has 31 heavy (non-hydrogen) atoms. The van der Waals surface area contributed by atoms with Crippen LogP contribution in [0.5, 0.6) is 17.2 Å². The molecule has 3 aromatic rings. The fourth-order valence-corrected chi connectivity index (χ4v) is 4.28. The van der Waals surface area contributed by atoms with Gasteiger partial charge in [0.1, 0.15) is 17.2 Å². The fraction of sp³-hybridized carbons (Fsp3) is 0.167. The first kappa shape index (κ1) is 20.8. The molecule has 6 nitrogen and oxygen atoms in total. The monoisotopic (exact) mass is 435 g/mol. The van der Waals surface area contributed by atoms with Gasteiger partial charge < -0.3 is 14.2 Å². The number of benzene rings is 3. The molecule has 0 saturated carbocycles. The van der Waals surface area contributed by atoms with Crippen LogP contribution in [0, 0.1) is 0 Å². The lowest BCUT2D eigenvalue weighted by molar-refractivity contribution is -0.123. The van der Waals surface area contributed by atoms with E-state index in [1.54, 1.807) is 25.3 Å². The normalized spacial score (nSPS) is 15.1. The van der Waals surface area contributed by atoms with Gasteiger partial charge in [0.2, 0.25) is 0 Å². The second kappa shape index (κ2) is 8.73. The molecule has 1 heterocycles. The molecule has 0 unspecified atom stereocenters. The summed E-state index contributed by atoms with van der Waals surface area (Å²) in [5, 5.41) is 1.87. The first-order valence-electron chi connectivity index (χ1n) is 9.57. The van der Waals surface area contributed by atoms with Crippen molar-refractivity contribution in [2.75, 3.05) is 21.3 Å². The number of imide groups is 1. The van der Waals surface area contributed by atoms with Crippen LogP contribution in [-0.2, 0) is 11.3 Å². The number of thioether (sulfide) groups is 1. The highest BCUT2D eigenvalue weighted by atomic mass is 32.2. The zero-order valence-electron chi connectivity index (χ0n) is 17.4. The Kier molecular flexibility index (Phi) is 5.86. The molecule has 0 N–H and O–H groups in total. The first-order valence-corrected chi connectivity index (χ1v) is 10.4. The number of fused-ring (bicyclic) bond motifs is 1. The predicted octanol–water partition coefficient (Wildman–Crippen LogP) is 5.10. The van der Waals surface area contributed by atoms with Crippen LogP contribution in [0.1, 0.15) is 11.1 Å². The van der Waals surface area contributed by atoms with Crippen LogP contribution in [0.4, 0.5) is 4.79 Å². The Morgan fingerprint density at radius 2 is 1.55 bits per heavy atom. The van der Waals surface area contributed by atoms with E-state index in [1.807, 2.05) is 42.5 Å². The lowest BCUT2D eigenvalue weighted by Crippen LogP contribution is -2.27. The third kappa shape index (κ3) is 4.09. The molecular weight excluding hydrogens is 414 g/mol. The van der Waals surface area contributed by atoms with Gasteiger partial charge in [0.05, 0.1) is 38.3 Å². The fourth-order valence-electron chi connectivity index (χ4n) is 3.46. The molecule has 0 radical (unpaired) electrons. The zero-order chi connectivity index (χ0) is 22.0. The molecule has 7 heteroatoms. The largest absolute Gasteiger partial charge is 0.496 e. The minimum Gasteiger partial charge on any atom is -0.496 e. The maximum Gasteiger partial charge on any atom is 0.293 e. The standard InChI is InChI=1S/C24H21NO5S/c1-28-18-11-20(29-2)19(21(12-18)30-3)13-22-23(26)25(24(27)31-22)14-15-8-9-16-6-4-5-7-17(16)10-15/h4-13H,14H2,1-3H3/b22-13-. The molecular formula is C24H21NO5S. The van der Waals surface area contributed by atoms with Gasteiger partial charge in [0, 0.05) is 12.1 Å². The molecule has 0 spiro atoms. The highest BCUT2D eigenvalue weighted by Gasteiger charge is 2.35. The van der Waals surface area contributed by atoms with E-state index in [0.717, 1.165) is 28.1 Å². The summed E-state index contributed by atoms with van der Waals surface area (Å²) >= 11 is 0.904. The second-order valence-electron chi connectivity index (χ2n) is 6.89. The number of amides is 2. The SMILES string of the molecule is COc1cc(OC)c(/C=C2\SC(=O)N(Cc3ccc4ccccc4c3)C2=O)c(OC)c1. The van der Waals surface area contributed by atoms with E-state index in [1.165, 1.54) is 19.1 Å². The maximum atomic E-state index is 13.0. The van der Waals surface area contributed by atoms with E-state index >= 15 is 0 Å². The molecule has 0 bridgehead atoms. The number of methoxy groups -OCH3 is 3. The summed E-state index contributed by atoms with van der Waals surface area (Å²) in [5.41, 5.74) is 1.46. The van der Waals surface area contributed by atoms with Gasteiger partial charge in [-0.25, -0.2) is 0 Å². The highest BCUT2D eigenvalue weighted by Crippen LogP contribution is 2.40. The van der Waals surface area contributed by atoms with Crippen molar-refractivity contribution in [2.24, 2.45) is 0 Å². The van der Waals surface area contributed by atoms with Crippen molar-refractivity contribution in [3.63, 3.8) is 0 Å². The smallest absolute Gasteiger partial charge is 0.293 e. The van der Waals surface area contributed by atoms with Gasteiger partial charge in [-0.3, -0.25) is 14.5 Å². The number of ether oxygens (including phenoxy) is 3. The van der Waals surface area contributed by atoms with Crippen LogP contribution in [-0.4, -0.2) is 37.4 Å². The van der Waals surface area contributed by atoms with Crippen molar-refractivity contribution in [2.45, 2.75) is 6.54 Å². The average Bonchev–Trinajstić information content (AvgIpc) is 3.06. The second-order valence-corrected chi connectivity index (χ2v) is 7.89. The Morgan fingerprint density at radius 1 is 0.871 bits per heavy atom. The molecule has 0 atom stereocenters. The van der Waals surface area contributed by atoms with Gasteiger partial charge in [0.15, 0.2) is 0 Å². The van der Waals surface area contributed by atoms with Crippen LogP contribution in [0.3, 0.4) is 0 Å². The van der Waals surface area contributed by atoms with Gasteiger partial charge in [-0.2, -0.15) is 0 Å². The number of hydrogen-bond acceptors (Lipinski definition) is 6. The minimum absolute atomic E-state index is 0.212. The topological polar surface area (TPSA) is 65.1 Å². The molecule has 0 aliphatic carbocycles. The third-order valence-corrected chi connectivity index (χ3v) is 5.96. The van der Waals surface area contributed by atoms with Crippen LogP contribution < -0.4 is 14.2 Å². The molecule has 3 aromatic carbocycles. The summed E-state index contributed by atoms with van der Waals surface area (Å²) in [6.45, 7) is 0.212. The summed E-state index contributed by atoms with van der Waals surface area (Å²) in [5.74, 6) is 1.19. The van der Waals surface area contributed by atoms with Crippen LogP contribution in [0.2, 0.25) is 0 Å². The van der Waals surface area contributed by atoms with E-state index in [4.69, 9.17) is 14.2 Å². The van der Waals surface area contributed by atoms with Gasteiger partial charge in [-0.05, 0) is 40.2 Å². The van der Waals surface area contributed by atoms with Gasteiger partial charge in [0.25, 0.3) is 11.1 Å². The Morgan fingerprint density at radius 3 is 2.19 bits per heavy atom. The molecule has 4 rings (SSSR count). The van der Waals surface area contributed by atoms with Crippen molar-refractivity contribution < 1.29 is 23.8 Å². The predicted molar refractivity (Wildman–Crippen MR) is 122 cm³/mol. The van der Waals surface area contributed by atoms with Gasteiger partial charge in [-0.15, -0.1) is 0 Å². The van der Waals surface area contributed by atoms with E-state index in [0.29, 0.717) is 27.7 Å². The summed E-state index contributed by atoms with van der Waals surface area (Å²) in [6, 6.07) is 17.3. The molecule has 1 aliphatic heterocycles. The molecule has 1 fully saturated rings. The number of carbonyl (C=O) groups is 2. The van der Waals surface area contributed by atoms with Crippen molar-refractivity contribution in [3.05, 3.63) is 70.6 Å². The van der Waals surface area contributed by atoms with Gasteiger partial charge in [-0.1, -0.05) is 36.4 Å². The van der Waals surface area contributed by atoms with E-state index in [9.17, 15) is 9.59 Å². The van der Waals surface area contributed by atoms with E-state index in [-0.39, 0.29) is 17.7 Å². The molecule has 2 amide bonds. The van der Waals surface area contributed by atoms with Gasteiger partial charge >= 0.3 is 0 Å². The summed E-state index contributed by atoms with van der Waals surface area (Å²) in [6.07, 6.45) is 1.63.